The highest BCUT2D eigenvalue weighted by Gasteiger charge is 2.05. The van der Waals surface area contributed by atoms with Crippen molar-refractivity contribution in [3.63, 3.8) is 0 Å². The summed E-state index contributed by atoms with van der Waals surface area (Å²) in [7, 11) is 0. The van der Waals surface area contributed by atoms with Crippen LogP contribution in [-0.4, -0.2) is 0 Å². The Hall–Kier alpha value is -1.40. The lowest BCUT2D eigenvalue weighted by Gasteiger charge is -2.03. The minimum absolute atomic E-state index is 0.303. The molecule has 0 aliphatic carbocycles. The summed E-state index contributed by atoms with van der Waals surface area (Å²) in [6.07, 6.45) is 0. The van der Waals surface area contributed by atoms with Gasteiger partial charge in [0, 0.05) is 0 Å². The zero-order chi connectivity index (χ0) is 11.0. The number of nitrogens with zero attached hydrogens (tertiary/aromatic N) is 1. The molecule has 0 saturated carbocycles. The van der Waals surface area contributed by atoms with Crippen LogP contribution < -0.4 is 0 Å². The number of benzene rings is 2. The summed E-state index contributed by atoms with van der Waals surface area (Å²) >= 11 is 3.14. The number of hydrogen-bond acceptors (Lipinski definition) is 0. The van der Waals surface area contributed by atoms with Gasteiger partial charge >= 0.3 is 0 Å². The zero-order valence-electron chi connectivity index (χ0n) is 8.01. The van der Waals surface area contributed by atoms with Crippen LogP contribution in [0.4, 0.5) is 10.1 Å². The fourth-order valence-electron chi connectivity index (χ4n) is 1.52. The molecular weight excluding hydrogens is 257 g/mol. The average Bonchev–Trinajstić information content (AvgIpc) is 2.20. The number of aryl methyl sites for hydroxylation is 1. The highest BCUT2D eigenvalue weighted by atomic mass is 79.9. The van der Waals surface area contributed by atoms with Crippen LogP contribution in [0, 0.1) is 19.3 Å². The molecule has 1 nitrogen and oxygen atoms in total. The van der Waals surface area contributed by atoms with Crippen molar-refractivity contribution in [2.75, 3.05) is 0 Å². The maximum atomic E-state index is 13.3. The first-order chi connectivity index (χ1) is 7.11. The van der Waals surface area contributed by atoms with Gasteiger partial charge < -0.3 is 0 Å². The lowest BCUT2D eigenvalue weighted by atomic mass is 10.1. The van der Waals surface area contributed by atoms with Crippen LogP contribution in [0.2, 0.25) is 0 Å². The Balaban J connectivity index is 2.84. The molecule has 0 unspecified atom stereocenters. The van der Waals surface area contributed by atoms with E-state index in [1.54, 1.807) is 12.1 Å². The predicted octanol–water partition coefficient (Wildman–Crippen LogP) is 4.60. The van der Waals surface area contributed by atoms with Crippen molar-refractivity contribution in [1.29, 1.82) is 0 Å². The first-order valence-electron chi connectivity index (χ1n) is 4.38. The Bertz CT molecular complexity index is 584. The number of hydrogen-bond donors (Lipinski definition) is 0. The molecule has 0 aliphatic rings. The van der Waals surface area contributed by atoms with Crippen LogP contribution in [0.5, 0.6) is 0 Å². The summed E-state index contributed by atoms with van der Waals surface area (Å²) in [5.41, 5.74) is 1.49. The van der Waals surface area contributed by atoms with E-state index >= 15 is 0 Å². The van der Waals surface area contributed by atoms with E-state index in [9.17, 15) is 4.39 Å². The van der Waals surface area contributed by atoms with E-state index in [1.807, 2.05) is 13.0 Å². The first-order valence-corrected chi connectivity index (χ1v) is 5.18. The molecule has 0 spiro atoms. The summed E-state index contributed by atoms with van der Waals surface area (Å²) in [5.74, 6) is -0.303. The standard InChI is InChI=1S/C12H7BrFN/c1-7-3-8-4-10(13)11(14)5-9(8)6-12(7)15-2/h3-6H,1H3. The molecule has 0 heterocycles. The van der Waals surface area contributed by atoms with Crippen LogP contribution in [-0.2, 0) is 0 Å². The SMILES string of the molecule is [C-]#[N+]c1cc2cc(F)c(Br)cc2cc1C. The predicted molar refractivity (Wildman–Crippen MR) is 62.6 cm³/mol. The molecule has 0 aromatic heterocycles. The third-order valence-electron chi connectivity index (χ3n) is 2.31. The van der Waals surface area contributed by atoms with E-state index in [1.165, 1.54) is 6.07 Å². The maximum absolute atomic E-state index is 13.3. The van der Waals surface area contributed by atoms with Crippen LogP contribution in [0.15, 0.2) is 28.7 Å². The number of rotatable bonds is 0. The van der Waals surface area contributed by atoms with Gasteiger partial charge in [0.15, 0.2) is 5.69 Å². The highest BCUT2D eigenvalue weighted by Crippen LogP contribution is 2.29. The number of fused-ring (bicyclic) bond motifs is 1. The molecule has 0 N–H and O–H groups in total. The van der Waals surface area contributed by atoms with Crippen molar-refractivity contribution >= 4 is 32.4 Å². The van der Waals surface area contributed by atoms with Gasteiger partial charge in [-0.2, -0.15) is 0 Å². The van der Waals surface area contributed by atoms with Crippen molar-refractivity contribution in [3.8, 4) is 0 Å². The molecule has 3 heteroatoms. The molecule has 0 aliphatic heterocycles. The largest absolute Gasteiger partial charge is 0.238 e. The summed E-state index contributed by atoms with van der Waals surface area (Å²) in [5, 5.41) is 1.69. The molecule has 2 aromatic carbocycles. The van der Waals surface area contributed by atoms with Crippen LogP contribution in [0.25, 0.3) is 15.6 Å². The second-order valence-corrected chi connectivity index (χ2v) is 4.22. The van der Waals surface area contributed by atoms with Crippen LogP contribution in [0.1, 0.15) is 5.56 Å². The summed E-state index contributed by atoms with van der Waals surface area (Å²) in [6.45, 7) is 8.86. The molecular formula is C12H7BrFN. The zero-order valence-corrected chi connectivity index (χ0v) is 9.60. The van der Waals surface area contributed by atoms with Crippen LogP contribution in [0.3, 0.4) is 0 Å². The van der Waals surface area contributed by atoms with Crippen molar-refractivity contribution in [3.05, 3.63) is 51.5 Å². The lowest BCUT2D eigenvalue weighted by molar-refractivity contribution is 0.623. The Labute approximate surface area is 95.5 Å². The smallest absolute Gasteiger partial charge is 0.190 e. The molecule has 15 heavy (non-hydrogen) atoms. The van der Waals surface area contributed by atoms with Crippen LogP contribution >= 0.6 is 15.9 Å². The van der Waals surface area contributed by atoms with E-state index < -0.39 is 0 Å². The minimum Gasteiger partial charge on any atom is -0.238 e. The monoisotopic (exact) mass is 263 g/mol. The third kappa shape index (κ3) is 1.73. The van der Waals surface area contributed by atoms with Gasteiger partial charge in [0.1, 0.15) is 5.82 Å². The van der Waals surface area contributed by atoms with Crippen molar-refractivity contribution in [2.24, 2.45) is 0 Å². The first kappa shape index (κ1) is 10.1. The molecule has 2 rings (SSSR count). The van der Waals surface area contributed by atoms with Gasteiger partial charge in [0.05, 0.1) is 11.0 Å². The normalized spacial score (nSPS) is 10.3. The van der Waals surface area contributed by atoms with E-state index in [0.29, 0.717) is 10.2 Å². The second-order valence-electron chi connectivity index (χ2n) is 3.36. The maximum Gasteiger partial charge on any atom is 0.190 e. The van der Waals surface area contributed by atoms with Crippen molar-refractivity contribution in [1.82, 2.24) is 0 Å². The van der Waals surface area contributed by atoms with Gasteiger partial charge in [-0.3, -0.25) is 0 Å². The van der Waals surface area contributed by atoms with Gasteiger partial charge in [-0.15, -0.1) is 0 Å². The highest BCUT2D eigenvalue weighted by molar-refractivity contribution is 9.10. The van der Waals surface area contributed by atoms with Gasteiger partial charge in [0.2, 0.25) is 0 Å². The van der Waals surface area contributed by atoms with Crippen molar-refractivity contribution < 1.29 is 4.39 Å². The molecule has 0 radical (unpaired) electrons. The molecule has 0 atom stereocenters. The lowest BCUT2D eigenvalue weighted by Crippen LogP contribution is -1.81. The van der Waals surface area contributed by atoms with Gasteiger partial charge in [-0.25, -0.2) is 9.24 Å². The molecule has 0 amide bonds. The summed E-state index contributed by atoms with van der Waals surface area (Å²) in [6, 6.07) is 6.78. The quantitative estimate of drug-likeness (QED) is 0.612. The van der Waals surface area contributed by atoms with E-state index in [4.69, 9.17) is 6.57 Å². The summed E-state index contributed by atoms with van der Waals surface area (Å²) < 4.78 is 13.7. The molecule has 0 saturated heterocycles. The molecule has 0 bridgehead atoms. The van der Waals surface area contributed by atoms with E-state index in [2.05, 4.69) is 20.8 Å². The van der Waals surface area contributed by atoms with E-state index in [0.717, 1.165) is 16.3 Å². The fourth-order valence-corrected chi connectivity index (χ4v) is 1.88. The molecule has 74 valence electrons. The average molecular weight is 264 g/mol. The Morgan fingerprint density at radius 2 is 1.87 bits per heavy atom. The minimum atomic E-state index is -0.303. The molecule has 2 aromatic rings. The Morgan fingerprint density at radius 1 is 1.20 bits per heavy atom. The van der Waals surface area contributed by atoms with Gasteiger partial charge in [0.25, 0.3) is 0 Å². The van der Waals surface area contributed by atoms with E-state index in [-0.39, 0.29) is 5.82 Å². The Kier molecular flexibility index (Phi) is 2.45. The fraction of sp³-hybridized carbons (Fsp3) is 0.0833. The van der Waals surface area contributed by atoms with Gasteiger partial charge in [-0.1, -0.05) is 6.07 Å². The summed E-state index contributed by atoms with van der Waals surface area (Å²) in [4.78, 5) is 3.39. The topological polar surface area (TPSA) is 4.36 Å². The van der Waals surface area contributed by atoms with Gasteiger partial charge in [-0.05, 0) is 57.4 Å². The number of halogens is 2. The second kappa shape index (κ2) is 3.63. The Morgan fingerprint density at radius 3 is 2.53 bits per heavy atom. The molecule has 0 fully saturated rings. The third-order valence-corrected chi connectivity index (χ3v) is 2.92. The van der Waals surface area contributed by atoms with Crippen molar-refractivity contribution in [2.45, 2.75) is 6.92 Å².